The third kappa shape index (κ3) is 1.82. The Bertz CT molecular complexity index is 169. The average Bonchev–Trinajstić information content (AvgIpc) is 2.28. The number of unbranched alkanes of at least 4 members (excludes halogenated alkanes) is 1. The molecule has 2 heteroatoms. The van der Waals surface area contributed by atoms with Crippen LogP contribution in [0.2, 0.25) is 0 Å². The molecule has 0 aliphatic carbocycles. The van der Waals surface area contributed by atoms with Crippen molar-refractivity contribution >= 4 is 0 Å². The quantitative estimate of drug-likeness (QED) is 0.620. The fourth-order valence-electron chi connectivity index (χ4n) is 3.13. The predicted molar refractivity (Wildman–Crippen MR) is 60.3 cm³/mol. The third-order valence-corrected chi connectivity index (χ3v) is 4.50. The Balaban J connectivity index is 1.92. The Kier molecular flexibility index (Phi) is 3.13. The van der Waals surface area contributed by atoms with Crippen molar-refractivity contribution in [2.45, 2.75) is 39.2 Å². The van der Waals surface area contributed by atoms with Crippen LogP contribution in [0, 0.1) is 0 Å². The monoisotopic (exact) mass is 197 g/mol. The molecule has 1 atom stereocenters. The van der Waals surface area contributed by atoms with Gasteiger partial charge in [0.25, 0.3) is 0 Å². The average molecular weight is 197 g/mol. The van der Waals surface area contributed by atoms with E-state index in [0.717, 1.165) is 6.04 Å². The molecular weight excluding hydrogens is 172 g/mol. The number of rotatable bonds is 4. The Morgan fingerprint density at radius 3 is 2.21 bits per heavy atom. The second-order valence-corrected chi connectivity index (χ2v) is 5.22. The van der Waals surface area contributed by atoms with E-state index in [-0.39, 0.29) is 0 Å². The van der Waals surface area contributed by atoms with Crippen molar-refractivity contribution < 1.29 is 4.48 Å². The van der Waals surface area contributed by atoms with Crippen molar-refractivity contribution in [2.24, 2.45) is 0 Å². The Morgan fingerprint density at radius 2 is 1.71 bits per heavy atom. The van der Waals surface area contributed by atoms with E-state index in [4.69, 9.17) is 0 Å². The summed E-state index contributed by atoms with van der Waals surface area (Å²) in [5.74, 6) is 0. The molecule has 3 saturated heterocycles. The lowest BCUT2D eigenvalue weighted by Gasteiger charge is -2.53. The number of piperazine rings is 3. The maximum Gasteiger partial charge on any atom is 0.0918 e. The van der Waals surface area contributed by atoms with E-state index in [1.165, 1.54) is 63.0 Å². The van der Waals surface area contributed by atoms with Gasteiger partial charge in [0.1, 0.15) is 0 Å². The molecule has 0 aromatic rings. The van der Waals surface area contributed by atoms with Crippen molar-refractivity contribution in [3.8, 4) is 0 Å². The molecule has 3 heterocycles. The number of hydrogen-bond acceptors (Lipinski definition) is 1. The number of hydrogen-bond donors (Lipinski definition) is 0. The van der Waals surface area contributed by atoms with Crippen LogP contribution in [-0.4, -0.2) is 54.7 Å². The van der Waals surface area contributed by atoms with Gasteiger partial charge < -0.3 is 4.48 Å². The minimum atomic E-state index is 0.914. The molecule has 1 unspecified atom stereocenters. The third-order valence-electron chi connectivity index (χ3n) is 4.50. The van der Waals surface area contributed by atoms with Gasteiger partial charge in [-0.05, 0) is 19.8 Å². The summed E-state index contributed by atoms with van der Waals surface area (Å²) in [6.07, 6.45) is 4.22. The zero-order valence-corrected chi connectivity index (χ0v) is 9.84. The lowest BCUT2D eigenvalue weighted by molar-refractivity contribution is -0.961. The molecule has 3 aliphatic heterocycles. The minimum Gasteiger partial charge on any atom is -0.318 e. The van der Waals surface area contributed by atoms with Gasteiger partial charge >= 0.3 is 0 Å². The fourth-order valence-corrected chi connectivity index (χ4v) is 3.13. The predicted octanol–water partition coefficient (Wildman–Crippen LogP) is 1.71. The largest absolute Gasteiger partial charge is 0.318 e. The van der Waals surface area contributed by atoms with Crippen LogP contribution in [0.4, 0.5) is 0 Å². The first-order chi connectivity index (χ1) is 6.77. The van der Waals surface area contributed by atoms with Gasteiger partial charge in [-0.25, -0.2) is 0 Å². The molecule has 0 radical (unpaired) electrons. The fraction of sp³-hybridized carbons (Fsp3) is 1.00. The molecule has 3 fully saturated rings. The van der Waals surface area contributed by atoms with Crippen LogP contribution in [-0.2, 0) is 0 Å². The summed E-state index contributed by atoms with van der Waals surface area (Å²) in [6, 6.07) is 0.914. The van der Waals surface area contributed by atoms with Gasteiger partial charge in [-0.3, -0.25) is 4.90 Å². The van der Waals surface area contributed by atoms with Gasteiger partial charge in [0, 0.05) is 19.6 Å². The van der Waals surface area contributed by atoms with Crippen molar-refractivity contribution in [1.82, 2.24) is 4.90 Å². The van der Waals surface area contributed by atoms with Crippen LogP contribution >= 0.6 is 0 Å². The number of fused-ring (bicyclic) bond motifs is 3. The van der Waals surface area contributed by atoms with E-state index in [9.17, 15) is 0 Å². The Labute approximate surface area is 88.5 Å². The summed E-state index contributed by atoms with van der Waals surface area (Å²) in [7, 11) is 0. The standard InChI is InChI=1S/C12H25N2/c1-3-4-5-12(2)14-9-6-13(7-10-14)8-11-14/h12H,3-11H2,1-2H3/q+1. The smallest absolute Gasteiger partial charge is 0.0918 e. The van der Waals surface area contributed by atoms with E-state index in [1.54, 1.807) is 0 Å². The molecule has 0 amide bonds. The van der Waals surface area contributed by atoms with E-state index < -0.39 is 0 Å². The first-order valence-electron chi connectivity index (χ1n) is 6.35. The first-order valence-corrected chi connectivity index (χ1v) is 6.35. The highest BCUT2D eigenvalue weighted by atomic mass is 15.5. The zero-order chi connectivity index (χ0) is 10.0. The highest BCUT2D eigenvalue weighted by molar-refractivity contribution is 4.73. The molecule has 82 valence electrons. The second kappa shape index (κ2) is 4.19. The van der Waals surface area contributed by atoms with Crippen molar-refractivity contribution in [1.29, 1.82) is 0 Å². The van der Waals surface area contributed by atoms with E-state index in [1.807, 2.05) is 0 Å². The van der Waals surface area contributed by atoms with Crippen LogP contribution in [0.5, 0.6) is 0 Å². The molecule has 0 saturated carbocycles. The Morgan fingerprint density at radius 1 is 1.14 bits per heavy atom. The van der Waals surface area contributed by atoms with Gasteiger partial charge in [0.2, 0.25) is 0 Å². The number of quaternary nitrogens is 1. The molecule has 3 aliphatic rings. The summed E-state index contributed by atoms with van der Waals surface area (Å²) >= 11 is 0. The van der Waals surface area contributed by atoms with E-state index in [2.05, 4.69) is 18.7 Å². The maximum atomic E-state index is 2.63. The van der Waals surface area contributed by atoms with Gasteiger partial charge in [-0.2, -0.15) is 0 Å². The summed E-state index contributed by atoms with van der Waals surface area (Å²) in [4.78, 5) is 2.63. The molecule has 0 N–H and O–H groups in total. The van der Waals surface area contributed by atoms with Gasteiger partial charge in [0.15, 0.2) is 0 Å². The maximum absolute atomic E-state index is 2.63. The van der Waals surface area contributed by atoms with Crippen molar-refractivity contribution in [3.63, 3.8) is 0 Å². The van der Waals surface area contributed by atoms with Gasteiger partial charge in [-0.1, -0.05) is 13.3 Å². The highest BCUT2D eigenvalue weighted by Gasteiger charge is 2.41. The minimum absolute atomic E-state index is 0.914. The van der Waals surface area contributed by atoms with Crippen LogP contribution in [0.15, 0.2) is 0 Å². The Hall–Kier alpha value is -0.0800. The summed E-state index contributed by atoms with van der Waals surface area (Å²) in [6.45, 7) is 13.1. The highest BCUT2D eigenvalue weighted by Crippen LogP contribution is 2.25. The zero-order valence-electron chi connectivity index (χ0n) is 9.84. The lowest BCUT2D eigenvalue weighted by atomic mass is 10.0. The molecule has 3 rings (SSSR count). The molecule has 14 heavy (non-hydrogen) atoms. The van der Waals surface area contributed by atoms with Crippen LogP contribution in [0.25, 0.3) is 0 Å². The molecule has 0 spiro atoms. The van der Waals surface area contributed by atoms with Crippen LogP contribution in [0.1, 0.15) is 33.1 Å². The summed E-state index contributed by atoms with van der Waals surface area (Å²) in [5.41, 5.74) is 0. The molecule has 2 bridgehead atoms. The van der Waals surface area contributed by atoms with Crippen molar-refractivity contribution in [3.05, 3.63) is 0 Å². The van der Waals surface area contributed by atoms with E-state index in [0.29, 0.717) is 0 Å². The van der Waals surface area contributed by atoms with Crippen LogP contribution in [0.3, 0.4) is 0 Å². The summed E-state index contributed by atoms with van der Waals surface area (Å²) in [5, 5.41) is 0. The topological polar surface area (TPSA) is 3.24 Å². The molecular formula is C12H25N2+. The van der Waals surface area contributed by atoms with Crippen LogP contribution < -0.4 is 0 Å². The molecule has 0 aromatic heterocycles. The molecule has 0 aromatic carbocycles. The second-order valence-electron chi connectivity index (χ2n) is 5.22. The summed E-state index contributed by atoms with van der Waals surface area (Å²) < 4.78 is 1.44. The molecule has 2 nitrogen and oxygen atoms in total. The van der Waals surface area contributed by atoms with Gasteiger partial charge in [0.05, 0.1) is 25.7 Å². The van der Waals surface area contributed by atoms with Crippen molar-refractivity contribution in [2.75, 3.05) is 39.3 Å². The van der Waals surface area contributed by atoms with Gasteiger partial charge in [-0.15, -0.1) is 0 Å². The lowest BCUT2D eigenvalue weighted by Crippen LogP contribution is -2.70. The van der Waals surface area contributed by atoms with E-state index >= 15 is 0 Å². The normalized spacial score (nSPS) is 38.6. The SMILES string of the molecule is CCCCC(C)[N+]12CCN(CC1)CC2. The first kappa shape index (κ1) is 10.4. The number of nitrogens with zero attached hydrogens (tertiary/aromatic N) is 2.